The van der Waals surface area contributed by atoms with Crippen LogP contribution in [0.5, 0.6) is 0 Å². The van der Waals surface area contributed by atoms with Gasteiger partial charge in [0.2, 0.25) is 0 Å². The standard InChI is InChI=1S/2C12H12/c1-2-10-7-5-8-11-6-3-4-9-12(10)11;1-2-10-7-8-11-5-3-4-6-12(11)9-10/h2*3-9H,2H2,1H3. The Bertz CT molecular complexity index is 923. The van der Waals surface area contributed by atoms with Crippen LogP contribution in [0.25, 0.3) is 21.5 Å². The minimum absolute atomic E-state index is 1.11. The van der Waals surface area contributed by atoms with Gasteiger partial charge in [-0.3, -0.25) is 0 Å². The molecule has 0 atom stereocenters. The van der Waals surface area contributed by atoms with Crippen molar-refractivity contribution in [2.24, 2.45) is 0 Å². The highest BCUT2D eigenvalue weighted by molar-refractivity contribution is 5.85. The van der Waals surface area contributed by atoms with Crippen molar-refractivity contribution in [1.29, 1.82) is 0 Å². The Morgan fingerprint density at radius 3 is 1.96 bits per heavy atom. The summed E-state index contributed by atoms with van der Waals surface area (Å²) in [6, 6.07) is 30.1. The Hall–Kier alpha value is -2.60. The van der Waals surface area contributed by atoms with E-state index in [1.807, 2.05) is 0 Å². The third-order valence-electron chi connectivity index (χ3n) is 4.48. The Labute approximate surface area is 144 Å². The highest BCUT2D eigenvalue weighted by Crippen LogP contribution is 2.18. The second-order valence-corrected chi connectivity index (χ2v) is 6.03. The minimum atomic E-state index is 1.11. The van der Waals surface area contributed by atoms with Gasteiger partial charge >= 0.3 is 0 Å². The molecule has 0 spiro atoms. The fourth-order valence-electron chi connectivity index (χ4n) is 3.06. The predicted molar refractivity (Wildman–Crippen MR) is 107 cm³/mol. The van der Waals surface area contributed by atoms with Gasteiger partial charge in [-0.05, 0) is 45.5 Å². The SMILES string of the molecule is CCc1ccc2ccccc2c1.CCc1cccc2ccccc12. The quantitative estimate of drug-likeness (QED) is 0.381. The topological polar surface area (TPSA) is 0 Å². The highest BCUT2D eigenvalue weighted by Gasteiger charge is 1.95. The van der Waals surface area contributed by atoms with E-state index in [1.54, 1.807) is 0 Å². The Morgan fingerprint density at radius 2 is 1.21 bits per heavy atom. The second-order valence-electron chi connectivity index (χ2n) is 6.03. The van der Waals surface area contributed by atoms with Gasteiger partial charge in [-0.15, -0.1) is 0 Å². The molecule has 0 aliphatic rings. The van der Waals surface area contributed by atoms with Crippen molar-refractivity contribution >= 4 is 21.5 Å². The maximum Gasteiger partial charge on any atom is -0.0152 e. The summed E-state index contributed by atoms with van der Waals surface area (Å²) in [4.78, 5) is 0. The molecule has 0 nitrogen and oxygen atoms in total. The van der Waals surface area contributed by atoms with E-state index >= 15 is 0 Å². The summed E-state index contributed by atoms with van der Waals surface area (Å²) < 4.78 is 0. The molecule has 0 heteroatoms. The monoisotopic (exact) mass is 312 g/mol. The van der Waals surface area contributed by atoms with E-state index in [1.165, 1.54) is 32.7 Å². The molecular formula is C24H24. The maximum atomic E-state index is 2.26. The molecule has 4 rings (SSSR count). The van der Waals surface area contributed by atoms with Crippen LogP contribution in [0.15, 0.2) is 84.9 Å². The van der Waals surface area contributed by atoms with E-state index in [9.17, 15) is 0 Å². The average Bonchev–Trinajstić information content (AvgIpc) is 2.67. The van der Waals surface area contributed by atoms with Gasteiger partial charge in [0.05, 0.1) is 0 Å². The van der Waals surface area contributed by atoms with E-state index in [0.717, 1.165) is 12.8 Å². The molecule has 0 amide bonds. The molecule has 4 aromatic rings. The summed E-state index contributed by atoms with van der Waals surface area (Å²) in [5, 5.41) is 5.41. The lowest BCUT2D eigenvalue weighted by atomic mass is 10.0. The van der Waals surface area contributed by atoms with Gasteiger partial charge in [0, 0.05) is 0 Å². The molecule has 0 radical (unpaired) electrons. The van der Waals surface area contributed by atoms with Gasteiger partial charge in [0.25, 0.3) is 0 Å². The Morgan fingerprint density at radius 1 is 0.542 bits per heavy atom. The lowest BCUT2D eigenvalue weighted by Crippen LogP contribution is -1.81. The summed E-state index contributed by atoms with van der Waals surface area (Å²) >= 11 is 0. The van der Waals surface area contributed by atoms with E-state index in [-0.39, 0.29) is 0 Å². The molecule has 0 aliphatic heterocycles. The zero-order chi connectivity index (χ0) is 16.8. The van der Waals surface area contributed by atoms with Crippen molar-refractivity contribution in [2.45, 2.75) is 26.7 Å². The average molecular weight is 312 g/mol. The third-order valence-corrected chi connectivity index (χ3v) is 4.48. The van der Waals surface area contributed by atoms with Crippen LogP contribution in [-0.4, -0.2) is 0 Å². The van der Waals surface area contributed by atoms with Gasteiger partial charge in [-0.2, -0.15) is 0 Å². The van der Waals surface area contributed by atoms with Crippen molar-refractivity contribution in [3.05, 3.63) is 96.1 Å². The first-order valence-corrected chi connectivity index (χ1v) is 8.76. The molecule has 0 aromatic heterocycles. The molecule has 0 saturated heterocycles. The van der Waals surface area contributed by atoms with Crippen LogP contribution in [0.1, 0.15) is 25.0 Å². The van der Waals surface area contributed by atoms with Crippen LogP contribution in [0.4, 0.5) is 0 Å². The molecule has 0 aliphatic carbocycles. The second kappa shape index (κ2) is 7.79. The number of hydrogen-bond donors (Lipinski definition) is 0. The normalized spacial score (nSPS) is 10.4. The van der Waals surface area contributed by atoms with Gasteiger partial charge in [0.1, 0.15) is 0 Å². The smallest absolute Gasteiger partial charge is 0.0152 e. The molecule has 0 unspecified atom stereocenters. The molecule has 24 heavy (non-hydrogen) atoms. The van der Waals surface area contributed by atoms with Crippen LogP contribution >= 0.6 is 0 Å². The molecule has 0 heterocycles. The van der Waals surface area contributed by atoms with Gasteiger partial charge < -0.3 is 0 Å². The summed E-state index contributed by atoms with van der Waals surface area (Å²) in [6.07, 6.45) is 2.23. The number of fused-ring (bicyclic) bond motifs is 2. The van der Waals surface area contributed by atoms with Crippen molar-refractivity contribution in [3.63, 3.8) is 0 Å². The molecule has 0 saturated carbocycles. The van der Waals surface area contributed by atoms with Crippen LogP contribution < -0.4 is 0 Å². The fraction of sp³-hybridized carbons (Fsp3) is 0.167. The lowest BCUT2D eigenvalue weighted by molar-refractivity contribution is 1.15. The van der Waals surface area contributed by atoms with Crippen molar-refractivity contribution < 1.29 is 0 Å². The maximum absolute atomic E-state index is 2.26. The molecule has 0 bridgehead atoms. The van der Waals surface area contributed by atoms with Crippen molar-refractivity contribution in [1.82, 2.24) is 0 Å². The number of benzene rings is 4. The molecule has 0 fully saturated rings. The highest BCUT2D eigenvalue weighted by atomic mass is 14.0. The summed E-state index contributed by atoms with van der Waals surface area (Å²) in [5.41, 5.74) is 2.85. The van der Waals surface area contributed by atoms with Crippen LogP contribution in [0.2, 0.25) is 0 Å². The third kappa shape index (κ3) is 3.65. The minimum Gasteiger partial charge on any atom is -0.0616 e. The van der Waals surface area contributed by atoms with E-state index < -0.39 is 0 Å². The number of aryl methyl sites for hydroxylation is 2. The number of hydrogen-bond acceptors (Lipinski definition) is 0. The Balaban J connectivity index is 0.000000141. The largest absolute Gasteiger partial charge is 0.0616 e. The molecule has 120 valence electrons. The first-order valence-electron chi connectivity index (χ1n) is 8.76. The fourth-order valence-corrected chi connectivity index (χ4v) is 3.06. The predicted octanol–water partition coefficient (Wildman–Crippen LogP) is 6.80. The first kappa shape index (κ1) is 16.3. The van der Waals surface area contributed by atoms with E-state index in [2.05, 4.69) is 98.8 Å². The zero-order valence-electron chi connectivity index (χ0n) is 14.5. The Kier molecular flexibility index (Phi) is 5.28. The lowest BCUT2D eigenvalue weighted by Gasteiger charge is -2.02. The first-order chi connectivity index (χ1) is 11.8. The van der Waals surface area contributed by atoms with E-state index in [4.69, 9.17) is 0 Å². The molecule has 0 N–H and O–H groups in total. The molecule has 4 aromatic carbocycles. The number of rotatable bonds is 2. The van der Waals surface area contributed by atoms with Crippen LogP contribution in [0.3, 0.4) is 0 Å². The van der Waals surface area contributed by atoms with Crippen LogP contribution in [-0.2, 0) is 12.8 Å². The summed E-state index contributed by atoms with van der Waals surface area (Å²) in [5.74, 6) is 0. The van der Waals surface area contributed by atoms with Gasteiger partial charge in [-0.1, -0.05) is 98.8 Å². The van der Waals surface area contributed by atoms with Gasteiger partial charge in [0.15, 0.2) is 0 Å². The summed E-state index contributed by atoms with van der Waals surface area (Å²) in [6.45, 7) is 4.38. The van der Waals surface area contributed by atoms with Gasteiger partial charge in [-0.25, -0.2) is 0 Å². The molecular weight excluding hydrogens is 288 g/mol. The zero-order valence-corrected chi connectivity index (χ0v) is 14.5. The summed E-state index contributed by atoms with van der Waals surface area (Å²) in [7, 11) is 0. The van der Waals surface area contributed by atoms with Crippen molar-refractivity contribution in [3.8, 4) is 0 Å². The van der Waals surface area contributed by atoms with Crippen molar-refractivity contribution in [2.75, 3.05) is 0 Å². The van der Waals surface area contributed by atoms with Crippen LogP contribution in [0, 0.1) is 0 Å². The van der Waals surface area contributed by atoms with E-state index in [0.29, 0.717) is 0 Å².